The van der Waals surface area contributed by atoms with Crippen molar-refractivity contribution in [3.05, 3.63) is 23.2 Å². The van der Waals surface area contributed by atoms with Gasteiger partial charge >= 0.3 is 0 Å². The average molecular weight is 288 g/mol. The van der Waals surface area contributed by atoms with Gasteiger partial charge in [-0.1, -0.05) is 24.9 Å². The van der Waals surface area contributed by atoms with E-state index in [1.54, 1.807) is 11.0 Å². The zero-order valence-electron chi connectivity index (χ0n) is 9.93. The maximum Gasteiger partial charge on any atom is 0.287 e. The Hall–Kier alpha value is -1.27. The molecule has 0 atom stereocenters. The quantitative estimate of drug-likeness (QED) is 0.922. The molecule has 1 aromatic carbocycles. The maximum absolute atomic E-state index is 11.9. The first-order valence-electron chi connectivity index (χ1n) is 5.63. The van der Waals surface area contributed by atoms with E-state index < -0.39 is 10.0 Å². The predicted octanol–water partition coefficient (Wildman–Crippen LogP) is 1.96. The molecule has 1 aliphatic rings. The first-order valence-corrected chi connectivity index (χ1v) is 7.45. The molecule has 0 bridgehead atoms. The van der Waals surface area contributed by atoms with E-state index in [1.165, 1.54) is 12.1 Å². The molecule has 1 aliphatic heterocycles. The molecule has 0 amide bonds. The molecule has 1 aromatic rings. The maximum atomic E-state index is 11.9. The van der Waals surface area contributed by atoms with Crippen LogP contribution in [0, 0.1) is 0 Å². The van der Waals surface area contributed by atoms with Crippen molar-refractivity contribution in [2.24, 2.45) is 10.1 Å². The largest absolute Gasteiger partial charge is 0.369 e. The van der Waals surface area contributed by atoms with Crippen LogP contribution in [0.3, 0.4) is 0 Å². The summed E-state index contributed by atoms with van der Waals surface area (Å²) in [6.07, 6.45) is 1.87. The molecule has 5 nitrogen and oxygen atoms in total. The SMILES string of the molecule is CCCCN1C(N)=NS(=O)(=O)c2ccc(Cl)cc21. The molecule has 2 N–H and O–H groups in total. The smallest absolute Gasteiger partial charge is 0.287 e. The van der Waals surface area contributed by atoms with E-state index >= 15 is 0 Å². The summed E-state index contributed by atoms with van der Waals surface area (Å²) in [6.45, 7) is 2.67. The minimum atomic E-state index is -3.70. The number of anilines is 1. The number of guanidine groups is 1. The highest BCUT2D eigenvalue weighted by atomic mass is 35.5. The molecule has 0 radical (unpaired) electrons. The third kappa shape index (κ3) is 2.30. The second-order valence-corrected chi connectivity index (χ2v) is 6.05. The number of nitrogens with two attached hydrogens (primary N) is 1. The summed E-state index contributed by atoms with van der Waals surface area (Å²) in [6, 6.07) is 4.60. The predicted molar refractivity (Wildman–Crippen MR) is 72.5 cm³/mol. The van der Waals surface area contributed by atoms with Crippen LogP contribution in [-0.2, 0) is 10.0 Å². The summed E-state index contributed by atoms with van der Waals surface area (Å²) in [5.41, 5.74) is 6.22. The van der Waals surface area contributed by atoms with Crippen molar-refractivity contribution in [3.63, 3.8) is 0 Å². The van der Waals surface area contributed by atoms with Crippen LogP contribution in [-0.4, -0.2) is 20.9 Å². The zero-order chi connectivity index (χ0) is 13.3. The summed E-state index contributed by atoms with van der Waals surface area (Å²) < 4.78 is 27.3. The molecular formula is C11H14ClN3O2S. The van der Waals surface area contributed by atoms with Crippen molar-refractivity contribution in [1.82, 2.24) is 0 Å². The summed E-state index contributed by atoms with van der Waals surface area (Å²) in [5.74, 6) is -0.00165. The van der Waals surface area contributed by atoms with Gasteiger partial charge in [0.05, 0.1) is 5.69 Å². The zero-order valence-corrected chi connectivity index (χ0v) is 11.5. The molecular weight excluding hydrogens is 274 g/mol. The van der Waals surface area contributed by atoms with E-state index in [9.17, 15) is 8.42 Å². The van der Waals surface area contributed by atoms with Gasteiger partial charge in [-0.15, -0.1) is 4.40 Å². The topological polar surface area (TPSA) is 75.8 Å². The van der Waals surface area contributed by atoms with Crippen LogP contribution in [0.5, 0.6) is 0 Å². The highest BCUT2D eigenvalue weighted by Crippen LogP contribution is 2.33. The minimum Gasteiger partial charge on any atom is -0.369 e. The lowest BCUT2D eigenvalue weighted by atomic mass is 10.2. The molecule has 1 heterocycles. The van der Waals surface area contributed by atoms with Crippen LogP contribution in [0.4, 0.5) is 5.69 Å². The van der Waals surface area contributed by atoms with Gasteiger partial charge in [0, 0.05) is 11.6 Å². The molecule has 2 rings (SSSR count). The molecule has 0 aliphatic carbocycles. The van der Waals surface area contributed by atoms with Gasteiger partial charge in [-0.05, 0) is 24.6 Å². The Labute approximate surface area is 111 Å². The van der Waals surface area contributed by atoms with Gasteiger partial charge in [0.15, 0.2) is 0 Å². The molecule has 0 saturated carbocycles. The van der Waals surface area contributed by atoms with Crippen molar-refractivity contribution < 1.29 is 8.42 Å². The Bertz CT molecular complexity index is 598. The Morgan fingerprint density at radius 1 is 1.44 bits per heavy atom. The van der Waals surface area contributed by atoms with Crippen LogP contribution >= 0.6 is 11.6 Å². The van der Waals surface area contributed by atoms with Crippen LogP contribution in [0.15, 0.2) is 27.5 Å². The number of fused-ring (bicyclic) bond motifs is 1. The lowest BCUT2D eigenvalue weighted by molar-refractivity contribution is 0.596. The standard InChI is InChI=1S/C11H14ClN3O2S/c1-2-3-6-15-9-7-8(12)4-5-10(9)18(16,17)14-11(15)13/h4-5,7H,2-3,6H2,1H3,(H2,13,14). The Morgan fingerprint density at radius 2 is 2.17 bits per heavy atom. The van der Waals surface area contributed by atoms with Gasteiger partial charge in [0.25, 0.3) is 10.0 Å². The van der Waals surface area contributed by atoms with Gasteiger partial charge in [-0.25, -0.2) is 0 Å². The molecule has 0 fully saturated rings. The molecule has 0 unspecified atom stereocenters. The van der Waals surface area contributed by atoms with Gasteiger partial charge < -0.3 is 10.6 Å². The van der Waals surface area contributed by atoms with Crippen LogP contribution in [0.25, 0.3) is 0 Å². The monoisotopic (exact) mass is 287 g/mol. The van der Waals surface area contributed by atoms with Crippen molar-refractivity contribution in [2.75, 3.05) is 11.4 Å². The van der Waals surface area contributed by atoms with E-state index in [1.807, 2.05) is 6.92 Å². The van der Waals surface area contributed by atoms with Gasteiger partial charge in [-0.2, -0.15) is 8.42 Å². The number of unbranched alkanes of at least 4 members (excludes halogenated alkanes) is 1. The summed E-state index contributed by atoms with van der Waals surface area (Å²) in [4.78, 5) is 1.84. The van der Waals surface area contributed by atoms with E-state index in [-0.39, 0.29) is 10.9 Å². The fourth-order valence-corrected chi connectivity index (χ4v) is 3.10. The minimum absolute atomic E-state index is 0.00165. The van der Waals surface area contributed by atoms with Crippen molar-refractivity contribution >= 4 is 33.3 Å². The summed E-state index contributed by atoms with van der Waals surface area (Å²) in [7, 11) is -3.70. The van der Waals surface area contributed by atoms with Crippen molar-refractivity contribution in [3.8, 4) is 0 Å². The van der Waals surface area contributed by atoms with Crippen molar-refractivity contribution in [1.29, 1.82) is 0 Å². The molecule has 0 spiro atoms. The second kappa shape index (κ2) is 4.78. The lowest BCUT2D eigenvalue weighted by Crippen LogP contribution is -2.41. The van der Waals surface area contributed by atoms with Crippen LogP contribution in [0.1, 0.15) is 19.8 Å². The Morgan fingerprint density at radius 3 is 2.83 bits per heavy atom. The number of nitrogens with zero attached hydrogens (tertiary/aromatic N) is 2. The fourth-order valence-electron chi connectivity index (χ4n) is 1.82. The highest BCUT2D eigenvalue weighted by molar-refractivity contribution is 7.90. The number of sulfonamides is 1. The average Bonchev–Trinajstić information content (AvgIpc) is 2.27. The Balaban J connectivity index is 2.55. The molecule has 0 saturated heterocycles. The normalized spacial score (nSPS) is 17.2. The summed E-state index contributed by atoms with van der Waals surface area (Å²) >= 11 is 5.91. The van der Waals surface area contributed by atoms with Gasteiger partial charge in [0.1, 0.15) is 4.90 Å². The van der Waals surface area contributed by atoms with Crippen LogP contribution < -0.4 is 10.6 Å². The molecule has 98 valence electrons. The Kier molecular flexibility index (Phi) is 3.49. The number of hydrogen-bond donors (Lipinski definition) is 1. The first-order chi connectivity index (χ1) is 8.45. The number of hydrogen-bond acceptors (Lipinski definition) is 4. The third-order valence-electron chi connectivity index (χ3n) is 2.72. The van der Waals surface area contributed by atoms with Crippen LogP contribution in [0.2, 0.25) is 5.02 Å². The second-order valence-electron chi connectivity index (χ2n) is 4.04. The number of rotatable bonds is 3. The first kappa shape index (κ1) is 13.2. The summed E-state index contributed by atoms with van der Waals surface area (Å²) in [5, 5.41) is 0.472. The van der Waals surface area contributed by atoms with E-state index in [2.05, 4.69) is 4.40 Å². The molecule has 18 heavy (non-hydrogen) atoms. The third-order valence-corrected chi connectivity index (χ3v) is 4.28. The lowest BCUT2D eigenvalue weighted by Gasteiger charge is -2.28. The molecule has 7 heteroatoms. The van der Waals surface area contributed by atoms with Crippen molar-refractivity contribution in [2.45, 2.75) is 24.7 Å². The molecule has 0 aromatic heterocycles. The van der Waals surface area contributed by atoms with Gasteiger partial charge in [-0.3, -0.25) is 0 Å². The van der Waals surface area contributed by atoms with Gasteiger partial charge in [0.2, 0.25) is 5.96 Å². The van der Waals surface area contributed by atoms with E-state index in [4.69, 9.17) is 17.3 Å². The number of halogens is 1. The highest BCUT2D eigenvalue weighted by Gasteiger charge is 2.29. The fraction of sp³-hybridized carbons (Fsp3) is 0.364. The van der Waals surface area contributed by atoms with E-state index in [0.717, 1.165) is 12.8 Å². The van der Waals surface area contributed by atoms with E-state index in [0.29, 0.717) is 17.3 Å². The number of benzene rings is 1.